The van der Waals surface area contributed by atoms with Crippen LogP contribution in [0.2, 0.25) is 0 Å². The molecule has 0 aliphatic rings. The van der Waals surface area contributed by atoms with Gasteiger partial charge in [0.25, 0.3) is 0 Å². The smallest absolute Gasteiger partial charge is 0.323 e. The summed E-state index contributed by atoms with van der Waals surface area (Å²) < 4.78 is 0. The molecule has 0 bridgehead atoms. The van der Waals surface area contributed by atoms with Gasteiger partial charge in [-0.1, -0.05) is 6.07 Å². The molecule has 0 amide bonds. The first-order valence-electron chi connectivity index (χ1n) is 3.26. The summed E-state index contributed by atoms with van der Waals surface area (Å²) in [6.45, 7) is 3.72. The zero-order valence-corrected chi connectivity index (χ0v) is 7.59. The summed E-state index contributed by atoms with van der Waals surface area (Å²) in [5.41, 5.74) is 1.07. The molecule has 0 fully saturated rings. The van der Waals surface area contributed by atoms with Crippen molar-refractivity contribution in [3.05, 3.63) is 42.8 Å². The van der Waals surface area contributed by atoms with Gasteiger partial charge in [0.1, 0.15) is 0 Å². The van der Waals surface area contributed by atoms with Crippen molar-refractivity contribution in [1.29, 1.82) is 0 Å². The van der Waals surface area contributed by atoms with E-state index in [4.69, 9.17) is 0 Å². The quantitative estimate of drug-likeness (QED) is 0.352. The van der Waals surface area contributed by atoms with Crippen LogP contribution in [0.5, 0.6) is 0 Å². The van der Waals surface area contributed by atoms with Gasteiger partial charge in [0.15, 0.2) is 0 Å². The molecule has 56 valence electrons. The van der Waals surface area contributed by atoms with Gasteiger partial charge in [0.05, 0.1) is 0 Å². The molecule has 2 heteroatoms. The Bertz CT molecular complexity index is 151. The van der Waals surface area contributed by atoms with Crippen LogP contribution in [0.25, 0.3) is 0 Å². The van der Waals surface area contributed by atoms with Crippen molar-refractivity contribution in [3.8, 4) is 0 Å². The maximum Gasteiger partial charge on any atom is 1.00 e. The van der Waals surface area contributed by atoms with Gasteiger partial charge in [-0.25, -0.2) is 0 Å². The Hall–Kier alpha value is -0.353. The molecule has 0 saturated carbocycles. The van der Waals surface area contributed by atoms with Crippen LogP contribution in [-0.2, 0) is 0 Å². The summed E-state index contributed by atoms with van der Waals surface area (Å²) in [6.07, 6.45) is 0. The van der Waals surface area contributed by atoms with Crippen LogP contribution in [0.3, 0.4) is 0 Å². The zero-order chi connectivity index (χ0) is 7.82. The molecular weight excluding hydrogens is 129 g/mol. The average molecular weight is 143 g/mol. The molecule has 0 spiro atoms. The molecule has 0 aliphatic carbocycles. The Balaban J connectivity index is 0. The molecule has 0 aromatic heterocycles. The number of hydrogen-bond acceptors (Lipinski definition) is 1. The summed E-state index contributed by atoms with van der Waals surface area (Å²) in [5.74, 6) is 0. The molecule has 1 aromatic carbocycles. The molecule has 0 unspecified atom stereocenters. The van der Waals surface area contributed by atoms with E-state index in [0.717, 1.165) is 5.56 Å². The topological polar surface area (TPSA) is 12.0 Å². The van der Waals surface area contributed by atoms with Crippen molar-refractivity contribution in [2.24, 2.45) is 0 Å². The monoisotopic (exact) mass is 143 g/mol. The van der Waals surface area contributed by atoms with E-state index in [0.29, 0.717) is 0 Å². The Labute approximate surface area is 81.4 Å². The van der Waals surface area contributed by atoms with Gasteiger partial charge in [0.2, 0.25) is 0 Å². The zero-order valence-electron chi connectivity index (χ0n) is 7.59. The first-order valence-corrected chi connectivity index (χ1v) is 3.26. The predicted molar refractivity (Wildman–Crippen MR) is 45.9 cm³/mol. The standard InChI is InChI=1S/C7H7.C2H7N.Li/c1-7-5-3-2-4-6-7;1-3-2;/h2-6H,1H2;3H,1-2H3;/q-1;;+1. The molecule has 0 radical (unpaired) electrons. The Morgan fingerprint density at radius 2 is 1.45 bits per heavy atom. The van der Waals surface area contributed by atoms with Gasteiger partial charge in [-0.15, -0.1) is 12.1 Å². The van der Waals surface area contributed by atoms with E-state index in [1.807, 2.05) is 44.4 Å². The van der Waals surface area contributed by atoms with E-state index in [9.17, 15) is 0 Å². The SMILES string of the molecule is CNC.[CH2-]c1ccccc1.[Li+]. The van der Waals surface area contributed by atoms with Crippen LogP contribution in [0.1, 0.15) is 5.56 Å². The number of hydrogen-bond donors (Lipinski definition) is 1. The van der Waals surface area contributed by atoms with Crippen molar-refractivity contribution in [2.45, 2.75) is 0 Å². The molecule has 1 rings (SSSR count). The molecule has 0 aliphatic heterocycles. The average Bonchev–Trinajstić information content (AvgIpc) is 1.91. The van der Waals surface area contributed by atoms with Gasteiger partial charge < -0.3 is 5.32 Å². The fraction of sp³-hybridized carbons (Fsp3) is 0.222. The van der Waals surface area contributed by atoms with Crippen molar-refractivity contribution >= 4 is 0 Å². The number of nitrogens with one attached hydrogen (secondary N) is 1. The largest absolute Gasteiger partial charge is 1.00 e. The summed E-state index contributed by atoms with van der Waals surface area (Å²) in [4.78, 5) is 0. The summed E-state index contributed by atoms with van der Waals surface area (Å²) in [6, 6.07) is 9.87. The van der Waals surface area contributed by atoms with Crippen LogP contribution in [0.15, 0.2) is 30.3 Å². The maximum absolute atomic E-state index is 3.72. The van der Waals surface area contributed by atoms with E-state index in [1.54, 1.807) is 0 Å². The normalized spacial score (nSPS) is 7.09. The van der Waals surface area contributed by atoms with E-state index in [1.165, 1.54) is 0 Å². The Morgan fingerprint density at radius 1 is 1.09 bits per heavy atom. The summed E-state index contributed by atoms with van der Waals surface area (Å²) in [7, 11) is 3.75. The molecule has 1 N–H and O–H groups in total. The third kappa shape index (κ3) is 9.65. The third-order valence-electron chi connectivity index (χ3n) is 0.843. The second kappa shape index (κ2) is 9.65. The minimum absolute atomic E-state index is 0. The number of rotatable bonds is 0. The van der Waals surface area contributed by atoms with Crippen molar-refractivity contribution < 1.29 is 18.9 Å². The number of benzene rings is 1. The first-order chi connectivity index (χ1) is 4.81. The summed E-state index contributed by atoms with van der Waals surface area (Å²) >= 11 is 0. The maximum atomic E-state index is 3.72. The third-order valence-corrected chi connectivity index (χ3v) is 0.843. The van der Waals surface area contributed by atoms with E-state index >= 15 is 0 Å². The minimum Gasteiger partial charge on any atom is -0.323 e. The van der Waals surface area contributed by atoms with E-state index in [2.05, 4.69) is 12.2 Å². The van der Waals surface area contributed by atoms with Crippen LogP contribution in [0, 0.1) is 6.92 Å². The van der Waals surface area contributed by atoms with E-state index in [-0.39, 0.29) is 18.9 Å². The fourth-order valence-electron chi connectivity index (χ4n) is 0.478. The van der Waals surface area contributed by atoms with Crippen LogP contribution >= 0.6 is 0 Å². The second-order valence-electron chi connectivity index (χ2n) is 1.99. The van der Waals surface area contributed by atoms with E-state index < -0.39 is 0 Å². The van der Waals surface area contributed by atoms with Crippen LogP contribution in [-0.4, -0.2) is 14.1 Å². The fourth-order valence-corrected chi connectivity index (χ4v) is 0.478. The molecule has 0 heterocycles. The molecule has 0 saturated heterocycles. The van der Waals surface area contributed by atoms with Crippen molar-refractivity contribution in [3.63, 3.8) is 0 Å². The molecule has 1 nitrogen and oxygen atoms in total. The van der Waals surface area contributed by atoms with Gasteiger partial charge in [-0.3, -0.25) is 0 Å². The van der Waals surface area contributed by atoms with Gasteiger partial charge in [-0.2, -0.15) is 24.6 Å². The van der Waals surface area contributed by atoms with Gasteiger partial charge in [0, 0.05) is 0 Å². The first kappa shape index (κ1) is 13.3. The van der Waals surface area contributed by atoms with Crippen molar-refractivity contribution in [1.82, 2.24) is 5.32 Å². The predicted octanol–water partition coefficient (Wildman–Crippen LogP) is -1.29. The molecule has 1 aromatic rings. The van der Waals surface area contributed by atoms with Gasteiger partial charge in [-0.05, 0) is 14.1 Å². The Kier molecular flexibility index (Phi) is 11.6. The second-order valence-corrected chi connectivity index (χ2v) is 1.99. The molecule has 0 atom stereocenters. The van der Waals surface area contributed by atoms with Crippen molar-refractivity contribution in [2.75, 3.05) is 14.1 Å². The molecule has 11 heavy (non-hydrogen) atoms. The van der Waals surface area contributed by atoms with Crippen LogP contribution < -0.4 is 24.2 Å². The Morgan fingerprint density at radius 3 is 1.64 bits per heavy atom. The summed E-state index contributed by atoms with van der Waals surface area (Å²) in [5, 5.41) is 2.75. The van der Waals surface area contributed by atoms with Crippen LogP contribution in [0.4, 0.5) is 0 Å². The minimum atomic E-state index is 0. The van der Waals surface area contributed by atoms with Gasteiger partial charge >= 0.3 is 18.9 Å². The molecular formula is C9H14LiN.